The van der Waals surface area contributed by atoms with Gasteiger partial charge in [-0.1, -0.05) is 0 Å². The first kappa shape index (κ1) is 26.0. The van der Waals surface area contributed by atoms with Crippen LogP contribution >= 0.6 is 0 Å². The summed E-state index contributed by atoms with van der Waals surface area (Å²) in [7, 11) is 0. The van der Waals surface area contributed by atoms with E-state index in [2.05, 4.69) is 9.78 Å². The maximum Gasteiger partial charge on any atom is 0.339 e. The first-order valence-electron chi connectivity index (χ1n) is 8.33. The number of nitrogens with zero attached hydrogens (tertiary/aromatic N) is 2. The van der Waals surface area contributed by atoms with Crippen molar-refractivity contribution in [2.45, 2.75) is 0 Å². The number of benzene rings is 2. The van der Waals surface area contributed by atoms with Crippen LogP contribution in [0.1, 0.15) is 20.7 Å². The number of nitro benzene ring substituents is 2. The number of hydrogen-bond acceptors (Lipinski definition) is 11. The zero-order valence-corrected chi connectivity index (χ0v) is 16.2. The molecule has 0 unspecified atom stereocenters. The minimum Gasteiger partial charge on any atom is -0.507 e. The van der Waals surface area contributed by atoms with Gasteiger partial charge in [0.05, 0.1) is 9.85 Å². The average molecular weight is 466 g/mol. The number of non-ortho nitro benzene ring substituents is 2. The molecule has 2 aromatic carbocycles. The summed E-state index contributed by atoms with van der Waals surface area (Å²) in [5.74, 6) is -3.84. The molecule has 15 nitrogen and oxygen atoms in total. The Morgan fingerprint density at radius 1 is 0.848 bits per heavy atom. The van der Waals surface area contributed by atoms with E-state index in [9.17, 15) is 34.6 Å². The van der Waals surface area contributed by atoms with Crippen molar-refractivity contribution in [3.8, 4) is 11.5 Å². The van der Waals surface area contributed by atoms with Crippen LogP contribution in [-0.2, 0) is 14.6 Å². The third-order valence-corrected chi connectivity index (χ3v) is 3.42. The third kappa shape index (κ3) is 8.30. The highest BCUT2D eigenvalue weighted by molar-refractivity contribution is 5.92. The van der Waals surface area contributed by atoms with Gasteiger partial charge >= 0.3 is 11.9 Å². The summed E-state index contributed by atoms with van der Waals surface area (Å²) in [6.07, 6.45) is 2.54. The summed E-state index contributed by atoms with van der Waals surface area (Å²) in [4.78, 5) is 58.5. The molecule has 0 bridgehead atoms. The minimum absolute atomic E-state index is 0.0382. The topological polar surface area (TPSA) is 237 Å². The van der Waals surface area contributed by atoms with E-state index in [1.54, 1.807) is 0 Å². The lowest BCUT2D eigenvalue weighted by Crippen LogP contribution is -2.08. The second-order valence-electron chi connectivity index (χ2n) is 5.65. The molecule has 0 aliphatic carbocycles. The van der Waals surface area contributed by atoms with Crippen LogP contribution in [0.4, 0.5) is 11.4 Å². The molecule has 174 valence electrons. The second-order valence-corrected chi connectivity index (χ2v) is 5.65. The van der Waals surface area contributed by atoms with Gasteiger partial charge in [-0.15, -0.1) is 0 Å². The maximum absolute atomic E-state index is 10.4. The van der Waals surface area contributed by atoms with Crippen molar-refractivity contribution in [2.75, 3.05) is 6.61 Å². The van der Waals surface area contributed by atoms with Gasteiger partial charge in [-0.2, -0.15) is 4.89 Å². The second kappa shape index (κ2) is 12.0. The lowest BCUT2D eigenvalue weighted by atomic mass is 10.2. The van der Waals surface area contributed by atoms with Crippen LogP contribution in [0.2, 0.25) is 0 Å². The van der Waals surface area contributed by atoms with Crippen molar-refractivity contribution >= 4 is 29.1 Å². The predicted molar refractivity (Wildman–Crippen MR) is 105 cm³/mol. The van der Waals surface area contributed by atoms with Crippen LogP contribution in [-0.4, -0.2) is 54.6 Å². The van der Waals surface area contributed by atoms with Gasteiger partial charge in [-0.3, -0.25) is 25.0 Å². The van der Waals surface area contributed by atoms with Crippen molar-refractivity contribution in [3.63, 3.8) is 0 Å². The van der Waals surface area contributed by atoms with Crippen molar-refractivity contribution < 1.29 is 54.4 Å². The van der Waals surface area contributed by atoms with E-state index >= 15 is 0 Å². The van der Waals surface area contributed by atoms with E-state index in [0.29, 0.717) is 0 Å². The van der Waals surface area contributed by atoms with Crippen LogP contribution in [0, 0.1) is 20.2 Å². The smallest absolute Gasteiger partial charge is 0.339 e. The number of aromatic carboxylic acids is 2. The molecule has 1 aliphatic heterocycles. The Bertz CT molecular complexity index is 1040. The molecule has 15 heteroatoms. The number of aromatic hydroxyl groups is 2. The fraction of sp³-hybridized carbons (Fsp3) is 0.0556. The van der Waals surface area contributed by atoms with E-state index in [1.807, 2.05) is 0 Å². The highest BCUT2D eigenvalue weighted by atomic mass is 17.2. The first-order valence-corrected chi connectivity index (χ1v) is 8.33. The molecule has 0 saturated heterocycles. The van der Waals surface area contributed by atoms with Gasteiger partial charge in [0.15, 0.2) is 12.4 Å². The molecule has 0 atom stereocenters. The van der Waals surface area contributed by atoms with Gasteiger partial charge in [0.2, 0.25) is 0 Å². The van der Waals surface area contributed by atoms with Gasteiger partial charge < -0.3 is 25.3 Å². The lowest BCUT2D eigenvalue weighted by molar-refractivity contribution is -0.385. The number of carbonyl (C=O) groups is 3. The predicted octanol–water partition coefficient (Wildman–Crippen LogP) is 2.03. The minimum atomic E-state index is -1.40. The highest BCUT2D eigenvalue weighted by Gasteiger charge is 2.15. The van der Waals surface area contributed by atoms with Crippen LogP contribution in [0.25, 0.3) is 0 Å². The molecule has 0 aromatic heterocycles. The molecule has 0 saturated carbocycles. The number of carboxylic acids is 2. The molecule has 2 aromatic rings. The van der Waals surface area contributed by atoms with E-state index < -0.39 is 44.4 Å². The number of carbonyl (C=O) groups excluding carboxylic acids is 1. The molecule has 33 heavy (non-hydrogen) atoms. The zero-order chi connectivity index (χ0) is 25.1. The third-order valence-electron chi connectivity index (χ3n) is 3.42. The lowest BCUT2D eigenvalue weighted by Gasteiger charge is -2.00. The maximum atomic E-state index is 10.4. The molecular weight excluding hydrogens is 452 g/mol. The van der Waals surface area contributed by atoms with E-state index in [-0.39, 0.29) is 23.8 Å². The van der Waals surface area contributed by atoms with E-state index in [4.69, 9.17) is 20.4 Å². The normalized spacial score (nSPS) is 11.6. The molecule has 0 spiro atoms. The first-order chi connectivity index (χ1) is 15.4. The fourth-order valence-corrected chi connectivity index (χ4v) is 1.90. The Hall–Kier alpha value is -5.05. The van der Waals surface area contributed by atoms with Crippen LogP contribution in [0.5, 0.6) is 11.5 Å². The van der Waals surface area contributed by atoms with Crippen LogP contribution in [0.15, 0.2) is 48.7 Å². The SMILES string of the molecule is O=C(O)c1cc([N+](=O)[O-])ccc1O.O=C(O)c1cc([N+](=O)[O-])ccc1O.O=C1C=COOC1. The monoisotopic (exact) mass is 466 g/mol. The van der Waals surface area contributed by atoms with Gasteiger partial charge in [0.25, 0.3) is 11.4 Å². The summed E-state index contributed by atoms with van der Waals surface area (Å²) >= 11 is 0. The Morgan fingerprint density at radius 2 is 1.27 bits per heavy atom. The summed E-state index contributed by atoms with van der Waals surface area (Å²) in [5.41, 5.74) is -1.69. The number of hydrogen-bond donors (Lipinski definition) is 4. The average Bonchev–Trinajstić information content (AvgIpc) is 2.75. The molecule has 0 fully saturated rings. The number of carboxylic acid groups (broad SMARTS) is 2. The molecule has 0 amide bonds. The van der Waals surface area contributed by atoms with Crippen molar-refractivity contribution in [1.29, 1.82) is 0 Å². The van der Waals surface area contributed by atoms with Crippen LogP contribution < -0.4 is 0 Å². The Labute approximate surface area is 182 Å². The van der Waals surface area contributed by atoms with Gasteiger partial charge in [-0.05, 0) is 12.1 Å². The molecule has 4 N–H and O–H groups in total. The quantitative estimate of drug-likeness (QED) is 0.287. The summed E-state index contributed by atoms with van der Waals surface area (Å²) < 4.78 is 0. The number of rotatable bonds is 4. The van der Waals surface area contributed by atoms with Gasteiger partial charge in [-0.25, -0.2) is 9.59 Å². The standard InChI is InChI=1S/2C7H5NO5.C4H4O3/c2*9-6-2-1-4(8(12)13)3-5(6)7(10)11;5-4-1-2-6-7-3-4/h2*1-3,9H,(H,10,11);1-2H,3H2. The van der Waals surface area contributed by atoms with Crippen molar-refractivity contribution in [3.05, 3.63) is 80.1 Å². The Morgan fingerprint density at radius 3 is 1.52 bits per heavy atom. The largest absolute Gasteiger partial charge is 0.507 e. The van der Waals surface area contributed by atoms with Gasteiger partial charge in [0, 0.05) is 30.3 Å². The molecular formula is C18H14N2O13. The number of phenols is 2. The van der Waals surface area contributed by atoms with Crippen molar-refractivity contribution in [2.24, 2.45) is 0 Å². The summed E-state index contributed by atoms with van der Waals surface area (Å²) in [6.45, 7) is 0.0382. The van der Waals surface area contributed by atoms with Crippen molar-refractivity contribution in [1.82, 2.24) is 0 Å². The zero-order valence-electron chi connectivity index (χ0n) is 16.2. The molecule has 1 aliphatic rings. The van der Waals surface area contributed by atoms with E-state index in [1.165, 1.54) is 12.3 Å². The molecule has 0 radical (unpaired) electrons. The molecule has 1 heterocycles. The number of nitro groups is 2. The van der Waals surface area contributed by atoms with E-state index in [0.717, 1.165) is 36.4 Å². The van der Waals surface area contributed by atoms with Gasteiger partial charge in [0.1, 0.15) is 28.9 Å². The summed E-state index contributed by atoms with van der Waals surface area (Å²) in [5, 5.41) is 55.4. The Kier molecular flexibility index (Phi) is 9.42. The van der Waals surface area contributed by atoms with Crippen LogP contribution in [0.3, 0.4) is 0 Å². The molecule has 3 rings (SSSR count). The highest BCUT2D eigenvalue weighted by Crippen LogP contribution is 2.23. The Balaban J connectivity index is 0.000000259. The summed E-state index contributed by atoms with van der Waals surface area (Å²) in [6, 6.07) is 5.61. The fourth-order valence-electron chi connectivity index (χ4n) is 1.90. The number of ketones is 1.